The van der Waals surface area contributed by atoms with Gasteiger partial charge in [0.1, 0.15) is 5.69 Å². The first-order valence-corrected chi connectivity index (χ1v) is 7.53. The van der Waals surface area contributed by atoms with Crippen LogP contribution in [0.2, 0.25) is 0 Å². The van der Waals surface area contributed by atoms with E-state index in [-0.39, 0.29) is 11.4 Å². The van der Waals surface area contributed by atoms with E-state index in [0.29, 0.717) is 11.4 Å². The van der Waals surface area contributed by atoms with E-state index in [4.69, 9.17) is 0 Å². The average Bonchev–Trinajstić information content (AvgIpc) is 3.07. The summed E-state index contributed by atoms with van der Waals surface area (Å²) >= 11 is 0. The normalized spacial score (nSPS) is 11.8. The van der Waals surface area contributed by atoms with Gasteiger partial charge in [-0.15, -0.1) is 0 Å². The molecule has 0 aliphatic rings. The van der Waals surface area contributed by atoms with Crippen LogP contribution in [0.25, 0.3) is 17.8 Å². The summed E-state index contributed by atoms with van der Waals surface area (Å²) in [6.45, 7) is 0. The summed E-state index contributed by atoms with van der Waals surface area (Å²) in [5.41, 5.74) is -1.29. The predicted molar refractivity (Wildman–Crippen MR) is 91.2 cm³/mol. The van der Waals surface area contributed by atoms with Crippen molar-refractivity contribution in [2.75, 3.05) is 0 Å². The zero-order valence-corrected chi connectivity index (χ0v) is 13.5. The van der Waals surface area contributed by atoms with Crippen molar-refractivity contribution < 1.29 is 18.1 Å². The zero-order valence-electron chi connectivity index (χ0n) is 13.5. The topological polar surface area (TPSA) is 93.8 Å². The number of H-pyrrole nitrogens is 1. The highest BCUT2D eigenvalue weighted by Crippen LogP contribution is 2.27. The zero-order chi connectivity index (χ0) is 19.6. The van der Waals surface area contributed by atoms with Gasteiger partial charge in [-0.2, -0.15) is 18.2 Å². The number of rotatable bonds is 4. The summed E-state index contributed by atoms with van der Waals surface area (Å²) in [5, 5.41) is 10.7. The lowest BCUT2D eigenvalue weighted by Gasteiger charge is -2.07. The molecular formula is C17H11F3N4O3. The number of nitro groups is 1. The minimum absolute atomic E-state index is 0.0598. The van der Waals surface area contributed by atoms with Crippen molar-refractivity contribution in [3.8, 4) is 5.69 Å². The Hall–Kier alpha value is -3.69. The molecule has 0 aliphatic heterocycles. The van der Waals surface area contributed by atoms with E-state index < -0.39 is 22.5 Å². The van der Waals surface area contributed by atoms with Crippen LogP contribution in [0.1, 0.15) is 17.1 Å². The van der Waals surface area contributed by atoms with E-state index in [0.717, 1.165) is 6.07 Å². The van der Waals surface area contributed by atoms with Crippen molar-refractivity contribution in [3.63, 3.8) is 0 Å². The van der Waals surface area contributed by atoms with Crippen LogP contribution >= 0.6 is 0 Å². The van der Waals surface area contributed by atoms with Crippen LogP contribution in [0.3, 0.4) is 0 Å². The predicted octanol–water partition coefficient (Wildman–Crippen LogP) is 3.66. The smallest absolute Gasteiger partial charge is 0.317 e. The van der Waals surface area contributed by atoms with Crippen LogP contribution in [0, 0.1) is 10.1 Å². The molecule has 0 radical (unpaired) electrons. The minimum Gasteiger partial charge on any atom is -0.317 e. The SMILES string of the molecule is O=c1nc(/C=C/c2cccn2-c2ccc([N+](=O)[O-])cc2)cc(C(F)(F)F)[nH]1. The largest absolute Gasteiger partial charge is 0.431 e. The molecule has 2 heterocycles. The Kier molecular flexibility index (Phi) is 4.63. The molecule has 0 unspecified atom stereocenters. The van der Waals surface area contributed by atoms with E-state index in [1.165, 1.54) is 24.3 Å². The third-order valence-corrected chi connectivity index (χ3v) is 3.61. The molecule has 0 fully saturated rings. The molecule has 1 aromatic carbocycles. The van der Waals surface area contributed by atoms with Gasteiger partial charge in [-0.05, 0) is 42.5 Å². The van der Waals surface area contributed by atoms with Gasteiger partial charge in [0.05, 0.1) is 10.6 Å². The highest BCUT2D eigenvalue weighted by atomic mass is 19.4. The number of hydrogen-bond donors (Lipinski definition) is 1. The Morgan fingerprint density at radius 2 is 1.85 bits per heavy atom. The first-order valence-electron chi connectivity index (χ1n) is 7.53. The van der Waals surface area contributed by atoms with E-state index in [1.807, 2.05) is 0 Å². The standard InChI is InChI=1S/C17H11F3N4O3/c18-17(19,20)15-10-11(21-16(25)22-15)3-4-12-2-1-9-23(12)13-5-7-14(8-6-13)24(26)27/h1-10H,(H,21,22,25)/b4-3+. The van der Waals surface area contributed by atoms with Gasteiger partial charge in [0.2, 0.25) is 0 Å². The van der Waals surface area contributed by atoms with Gasteiger partial charge in [-0.25, -0.2) is 4.79 Å². The van der Waals surface area contributed by atoms with Crippen LogP contribution in [-0.4, -0.2) is 19.5 Å². The maximum atomic E-state index is 12.8. The molecule has 0 amide bonds. The van der Waals surface area contributed by atoms with E-state index in [1.54, 1.807) is 40.0 Å². The first kappa shape index (κ1) is 18.1. The minimum atomic E-state index is -4.69. The monoisotopic (exact) mass is 376 g/mol. The second kappa shape index (κ2) is 6.90. The second-order valence-electron chi connectivity index (χ2n) is 5.43. The third kappa shape index (κ3) is 4.11. The molecule has 0 saturated heterocycles. The quantitative estimate of drug-likeness (QED) is 0.555. The maximum Gasteiger partial charge on any atom is 0.431 e. The van der Waals surface area contributed by atoms with Gasteiger partial charge in [-0.1, -0.05) is 0 Å². The van der Waals surface area contributed by atoms with Crippen LogP contribution in [0.4, 0.5) is 18.9 Å². The summed E-state index contributed by atoms with van der Waals surface area (Å²) in [5.74, 6) is 0. The van der Waals surface area contributed by atoms with Crippen LogP contribution < -0.4 is 5.69 Å². The molecule has 0 saturated carbocycles. The maximum absolute atomic E-state index is 12.8. The van der Waals surface area contributed by atoms with Gasteiger partial charge in [0, 0.05) is 29.7 Å². The first-order chi connectivity index (χ1) is 12.7. The van der Waals surface area contributed by atoms with Gasteiger partial charge >= 0.3 is 11.9 Å². The summed E-state index contributed by atoms with van der Waals surface area (Å²) in [6, 6.07) is 9.90. The third-order valence-electron chi connectivity index (χ3n) is 3.61. The number of hydrogen-bond acceptors (Lipinski definition) is 4. The lowest BCUT2D eigenvalue weighted by molar-refractivity contribution is -0.384. The van der Waals surface area contributed by atoms with E-state index in [9.17, 15) is 28.1 Å². The number of nitrogens with one attached hydrogen (secondary N) is 1. The van der Waals surface area contributed by atoms with Crippen molar-refractivity contribution in [1.29, 1.82) is 0 Å². The van der Waals surface area contributed by atoms with Gasteiger partial charge in [0.25, 0.3) is 5.69 Å². The lowest BCUT2D eigenvalue weighted by Crippen LogP contribution is -2.19. The Labute approximate surface area is 149 Å². The summed E-state index contributed by atoms with van der Waals surface area (Å²) < 4.78 is 40.0. The molecule has 3 rings (SSSR count). The van der Waals surface area contributed by atoms with Crippen molar-refractivity contribution in [2.24, 2.45) is 0 Å². The molecule has 0 aliphatic carbocycles. The second-order valence-corrected chi connectivity index (χ2v) is 5.43. The molecule has 10 heteroatoms. The molecule has 7 nitrogen and oxygen atoms in total. The highest BCUT2D eigenvalue weighted by molar-refractivity contribution is 5.67. The van der Waals surface area contributed by atoms with Gasteiger partial charge in [0.15, 0.2) is 0 Å². The molecule has 1 N–H and O–H groups in total. The Bertz CT molecular complexity index is 1070. The summed E-state index contributed by atoms with van der Waals surface area (Å²) in [7, 11) is 0. The number of alkyl halides is 3. The fourth-order valence-corrected chi connectivity index (χ4v) is 2.39. The van der Waals surface area contributed by atoms with Crippen molar-refractivity contribution >= 4 is 17.8 Å². The number of non-ortho nitro benzene ring substituents is 1. The Morgan fingerprint density at radius 3 is 2.48 bits per heavy atom. The van der Waals surface area contributed by atoms with Gasteiger partial charge < -0.3 is 9.55 Å². The number of benzene rings is 1. The lowest BCUT2D eigenvalue weighted by atomic mass is 10.2. The van der Waals surface area contributed by atoms with E-state index >= 15 is 0 Å². The number of halogens is 3. The van der Waals surface area contributed by atoms with Crippen LogP contribution in [0.5, 0.6) is 0 Å². The number of aromatic nitrogens is 3. The molecular weight excluding hydrogens is 365 g/mol. The van der Waals surface area contributed by atoms with Crippen LogP contribution in [-0.2, 0) is 6.18 Å². The number of nitro benzene ring substituents is 1. The van der Waals surface area contributed by atoms with Crippen molar-refractivity contribution in [1.82, 2.24) is 14.5 Å². The van der Waals surface area contributed by atoms with E-state index in [2.05, 4.69) is 4.98 Å². The molecule has 0 spiro atoms. The Morgan fingerprint density at radius 1 is 1.15 bits per heavy atom. The number of aromatic amines is 1. The summed E-state index contributed by atoms with van der Waals surface area (Å²) in [6.07, 6.45) is -0.234. The molecule has 138 valence electrons. The average molecular weight is 376 g/mol. The van der Waals surface area contributed by atoms with Crippen LogP contribution in [0.15, 0.2) is 53.5 Å². The highest BCUT2D eigenvalue weighted by Gasteiger charge is 2.32. The van der Waals surface area contributed by atoms with Gasteiger partial charge in [-0.3, -0.25) is 10.1 Å². The van der Waals surface area contributed by atoms with Crippen molar-refractivity contribution in [2.45, 2.75) is 6.18 Å². The Balaban J connectivity index is 1.92. The fourth-order valence-electron chi connectivity index (χ4n) is 2.39. The molecule has 2 aromatic heterocycles. The molecule has 0 atom stereocenters. The fraction of sp³-hybridized carbons (Fsp3) is 0.0588. The molecule has 27 heavy (non-hydrogen) atoms. The number of nitrogens with zero attached hydrogens (tertiary/aromatic N) is 3. The molecule has 0 bridgehead atoms. The summed E-state index contributed by atoms with van der Waals surface area (Å²) in [4.78, 5) is 26.7. The van der Waals surface area contributed by atoms with Crippen molar-refractivity contribution in [3.05, 3.63) is 86.3 Å². The molecule has 3 aromatic rings.